The van der Waals surface area contributed by atoms with Gasteiger partial charge in [0.25, 0.3) is 0 Å². The lowest BCUT2D eigenvalue weighted by molar-refractivity contribution is 0.415. The van der Waals surface area contributed by atoms with Crippen molar-refractivity contribution in [1.29, 1.82) is 0 Å². The Bertz CT molecular complexity index is 989. The highest BCUT2D eigenvalue weighted by Gasteiger charge is 2.06. The number of benzene rings is 2. The van der Waals surface area contributed by atoms with Crippen molar-refractivity contribution in [2.45, 2.75) is 0 Å². The molecule has 118 valence electrons. The first-order valence-electron chi connectivity index (χ1n) is 7.62. The zero-order valence-corrected chi connectivity index (χ0v) is 13.1. The van der Waals surface area contributed by atoms with Gasteiger partial charge in [0.2, 0.25) is 0 Å². The number of aromatic nitrogens is 2. The van der Waals surface area contributed by atoms with Gasteiger partial charge in [0.05, 0.1) is 12.8 Å². The molecule has 0 N–H and O–H groups in total. The summed E-state index contributed by atoms with van der Waals surface area (Å²) in [5.41, 5.74) is 4.79. The second-order valence-electron chi connectivity index (χ2n) is 5.54. The molecule has 0 aliphatic rings. The number of hydrogen-bond donors (Lipinski definition) is 0. The highest BCUT2D eigenvalue weighted by molar-refractivity contribution is 5.70. The van der Waals surface area contributed by atoms with Crippen LogP contribution in [0.25, 0.3) is 28.0 Å². The van der Waals surface area contributed by atoms with Crippen LogP contribution in [0.1, 0.15) is 0 Å². The molecule has 24 heavy (non-hydrogen) atoms. The molecule has 0 amide bonds. The Morgan fingerprint density at radius 1 is 0.792 bits per heavy atom. The van der Waals surface area contributed by atoms with Crippen molar-refractivity contribution in [3.63, 3.8) is 0 Å². The molecule has 3 nitrogen and oxygen atoms in total. The third-order valence-electron chi connectivity index (χ3n) is 4.02. The van der Waals surface area contributed by atoms with Gasteiger partial charge in [-0.3, -0.25) is 0 Å². The first kappa shape index (κ1) is 14.5. The van der Waals surface area contributed by atoms with Gasteiger partial charge in [-0.05, 0) is 35.4 Å². The van der Waals surface area contributed by atoms with Crippen molar-refractivity contribution in [3.8, 4) is 28.1 Å². The van der Waals surface area contributed by atoms with Crippen LogP contribution < -0.4 is 4.74 Å². The molecule has 0 bridgehead atoms. The molecule has 4 aromatic rings. The molecule has 0 fully saturated rings. The summed E-state index contributed by atoms with van der Waals surface area (Å²) in [7, 11) is 1.66. The predicted octanol–water partition coefficient (Wildman–Crippen LogP) is 4.82. The van der Waals surface area contributed by atoms with Crippen LogP contribution in [-0.4, -0.2) is 16.5 Å². The minimum Gasteiger partial charge on any atom is -0.497 e. The number of rotatable bonds is 3. The number of nitrogens with zero attached hydrogens (tertiary/aromatic N) is 2. The molecule has 0 unspecified atom stereocenters. The molecule has 4 heteroatoms. The summed E-state index contributed by atoms with van der Waals surface area (Å²) in [4.78, 5) is 4.53. The van der Waals surface area contributed by atoms with Gasteiger partial charge in [0.15, 0.2) is 0 Å². The number of methoxy groups -OCH3 is 1. The molecule has 4 rings (SSSR count). The van der Waals surface area contributed by atoms with E-state index in [1.165, 1.54) is 12.3 Å². The number of fused-ring (bicyclic) bond motifs is 1. The molecule has 2 aromatic carbocycles. The van der Waals surface area contributed by atoms with Crippen molar-refractivity contribution >= 4 is 5.65 Å². The lowest BCUT2D eigenvalue weighted by Crippen LogP contribution is -1.83. The molecule has 0 saturated heterocycles. The molecule has 2 heterocycles. The maximum absolute atomic E-state index is 13.3. The van der Waals surface area contributed by atoms with Crippen molar-refractivity contribution in [2.24, 2.45) is 0 Å². The summed E-state index contributed by atoms with van der Waals surface area (Å²) in [6.07, 6.45) is 3.26. The lowest BCUT2D eigenvalue weighted by atomic mass is 10.0. The number of hydrogen-bond acceptors (Lipinski definition) is 2. The van der Waals surface area contributed by atoms with E-state index < -0.39 is 0 Å². The maximum Gasteiger partial charge on any atom is 0.139 e. The van der Waals surface area contributed by atoms with Crippen molar-refractivity contribution in [3.05, 3.63) is 78.9 Å². The molecule has 0 aliphatic carbocycles. The standard InChI is InChI=1S/C20H15FN2O/c1-24-18-9-6-15(7-10-18)14-2-4-16(5-3-14)19-13-23-12-17(21)8-11-20(23)22-19/h2-13H,1H3. The Morgan fingerprint density at radius 3 is 2.08 bits per heavy atom. The fourth-order valence-corrected chi connectivity index (χ4v) is 2.72. The molecular weight excluding hydrogens is 303 g/mol. The molecule has 0 spiro atoms. The third kappa shape index (κ3) is 2.63. The Labute approximate surface area is 139 Å². The average Bonchev–Trinajstić information content (AvgIpc) is 3.05. The molecular formula is C20H15FN2O. The largest absolute Gasteiger partial charge is 0.497 e. The smallest absolute Gasteiger partial charge is 0.139 e. The maximum atomic E-state index is 13.3. The van der Waals surface area contributed by atoms with Crippen LogP contribution >= 0.6 is 0 Å². The van der Waals surface area contributed by atoms with Crippen molar-refractivity contribution < 1.29 is 9.13 Å². The van der Waals surface area contributed by atoms with Gasteiger partial charge in [-0.25, -0.2) is 9.37 Å². The van der Waals surface area contributed by atoms with Crippen molar-refractivity contribution in [2.75, 3.05) is 7.11 Å². The van der Waals surface area contributed by atoms with Gasteiger partial charge in [0.1, 0.15) is 17.2 Å². The summed E-state index contributed by atoms with van der Waals surface area (Å²) in [5, 5.41) is 0. The normalized spacial score (nSPS) is 10.9. The van der Waals surface area contributed by atoms with E-state index in [0.717, 1.165) is 33.8 Å². The van der Waals surface area contributed by atoms with E-state index in [-0.39, 0.29) is 5.82 Å². The summed E-state index contributed by atoms with van der Waals surface area (Å²) in [6.45, 7) is 0. The zero-order chi connectivity index (χ0) is 16.5. The molecule has 0 atom stereocenters. The second kappa shape index (κ2) is 5.81. The van der Waals surface area contributed by atoms with Crippen LogP contribution in [0.15, 0.2) is 73.1 Å². The van der Waals surface area contributed by atoms with Gasteiger partial charge in [0, 0.05) is 18.0 Å². The number of imidazole rings is 1. The Morgan fingerprint density at radius 2 is 1.42 bits per heavy atom. The Hall–Kier alpha value is -3.14. The zero-order valence-electron chi connectivity index (χ0n) is 13.1. The van der Waals surface area contributed by atoms with E-state index in [9.17, 15) is 4.39 Å². The quantitative estimate of drug-likeness (QED) is 0.541. The summed E-state index contributed by atoms with van der Waals surface area (Å²) >= 11 is 0. The average molecular weight is 318 g/mol. The van der Waals surface area contributed by atoms with Crippen LogP contribution in [0.3, 0.4) is 0 Å². The van der Waals surface area contributed by atoms with Crippen LogP contribution in [-0.2, 0) is 0 Å². The lowest BCUT2D eigenvalue weighted by Gasteiger charge is -2.04. The summed E-state index contributed by atoms with van der Waals surface area (Å²) in [6, 6.07) is 19.2. The third-order valence-corrected chi connectivity index (χ3v) is 4.02. The van der Waals surface area contributed by atoms with Gasteiger partial charge in [-0.15, -0.1) is 0 Å². The monoisotopic (exact) mass is 318 g/mol. The van der Waals surface area contributed by atoms with Crippen LogP contribution in [0.5, 0.6) is 5.75 Å². The first-order valence-corrected chi connectivity index (χ1v) is 7.62. The van der Waals surface area contributed by atoms with Crippen LogP contribution in [0.2, 0.25) is 0 Å². The Balaban J connectivity index is 1.66. The molecule has 0 radical (unpaired) electrons. The molecule has 0 aliphatic heterocycles. The fraction of sp³-hybridized carbons (Fsp3) is 0.0500. The number of halogens is 1. The second-order valence-corrected chi connectivity index (χ2v) is 5.54. The van der Waals surface area contributed by atoms with Gasteiger partial charge in [-0.1, -0.05) is 36.4 Å². The SMILES string of the molecule is COc1ccc(-c2ccc(-c3cn4cc(F)ccc4n3)cc2)cc1. The van der Waals surface area contributed by atoms with E-state index in [4.69, 9.17) is 4.74 Å². The van der Waals surface area contributed by atoms with Gasteiger partial charge in [-0.2, -0.15) is 0 Å². The van der Waals surface area contributed by atoms with Gasteiger partial charge >= 0.3 is 0 Å². The number of pyridine rings is 1. The van der Waals surface area contributed by atoms with E-state index in [2.05, 4.69) is 17.1 Å². The van der Waals surface area contributed by atoms with Crippen LogP contribution in [0, 0.1) is 5.82 Å². The fourth-order valence-electron chi connectivity index (χ4n) is 2.72. The van der Waals surface area contributed by atoms with E-state index in [1.807, 2.05) is 42.6 Å². The van der Waals surface area contributed by atoms with Crippen LogP contribution in [0.4, 0.5) is 4.39 Å². The summed E-state index contributed by atoms with van der Waals surface area (Å²) in [5.74, 6) is 0.564. The van der Waals surface area contributed by atoms with E-state index in [1.54, 1.807) is 17.6 Å². The Kier molecular flexibility index (Phi) is 3.50. The molecule has 2 aromatic heterocycles. The van der Waals surface area contributed by atoms with Crippen molar-refractivity contribution in [1.82, 2.24) is 9.38 Å². The summed E-state index contributed by atoms with van der Waals surface area (Å²) < 4.78 is 20.2. The highest BCUT2D eigenvalue weighted by Crippen LogP contribution is 2.26. The minimum absolute atomic E-state index is 0.277. The van der Waals surface area contributed by atoms with E-state index in [0.29, 0.717) is 0 Å². The number of ether oxygens (including phenoxy) is 1. The highest BCUT2D eigenvalue weighted by atomic mass is 19.1. The first-order chi connectivity index (χ1) is 11.7. The van der Waals surface area contributed by atoms with Gasteiger partial charge < -0.3 is 9.14 Å². The predicted molar refractivity (Wildman–Crippen MR) is 92.6 cm³/mol. The topological polar surface area (TPSA) is 26.5 Å². The minimum atomic E-state index is -0.277. The molecule has 0 saturated carbocycles. The van der Waals surface area contributed by atoms with E-state index >= 15 is 0 Å².